The highest BCUT2D eigenvalue weighted by Gasteiger charge is 2.38. The molecular weight excluding hydrogens is 382 g/mol. The standard InChI is InChI=1S/C20H20ClN3O4/c1-12(25)22-15-7-8-18(28-2)16(9-15)23-17-10-19(26)24(20(17)27)11-13-3-5-14(21)6-4-13/h3-9,17,23H,10-11H2,1-2H3,(H,22,25)/t17-/m1/s1. The van der Waals surface area contributed by atoms with Crippen LogP contribution in [0.25, 0.3) is 0 Å². The topological polar surface area (TPSA) is 87.7 Å². The first-order valence-corrected chi connectivity index (χ1v) is 9.06. The second-order valence-electron chi connectivity index (χ2n) is 6.44. The van der Waals surface area contributed by atoms with Crippen LogP contribution >= 0.6 is 11.6 Å². The van der Waals surface area contributed by atoms with Crippen molar-refractivity contribution < 1.29 is 19.1 Å². The molecule has 1 atom stereocenters. The van der Waals surface area contributed by atoms with E-state index in [2.05, 4.69) is 10.6 Å². The van der Waals surface area contributed by atoms with Crippen LogP contribution in [0.15, 0.2) is 42.5 Å². The number of amides is 3. The second kappa shape index (κ2) is 8.31. The van der Waals surface area contributed by atoms with Gasteiger partial charge in [0.15, 0.2) is 0 Å². The minimum atomic E-state index is -0.707. The summed E-state index contributed by atoms with van der Waals surface area (Å²) in [4.78, 5) is 37.6. The number of carbonyl (C=O) groups is 3. The maximum absolute atomic E-state index is 12.8. The number of carbonyl (C=O) groups excluding carboxylic acids is 3. The van der Waals surface area contributed by atoms with Crippen molar-refractivity contribution in [1.29, 1.82) is 0 Å². The van der Waals surface area contributed by atoms with E-state index in [4.69, 9.17) is 16.3 Å². The quantitative estimate of drug-likeness (QED) is 0.726. The fourth-order valence-corrected chi connectivity index (χ4v) is 3.15. The molecule has 0 bridgehead atoms. The molecule has 1 saturated heterocycles. The number of hydrogen-bond acceptors (Lipinski definition) is 5. The summed E-state index contributed by atoms with van der Waals surface area (Å²) >= 11 is 5.88. The first-order chi connectivity index (χ1) is 13.4. The van der Waals surface area contributed by atoms with Gasteiger partial charge in [0.05, 0.1) is 25.8 Å². The largest absolute Gasteiger partial charge is 0.495 e. The third-order valence-electron chi connectivity index (χ3n) is 4.35. The van der Waals surface area contributed by atoms with Crippen molar-refractivity contribution in [2.45, 2.75) is 25.9 Å². The lowest BCUT2D eigenvalue weighted by molar-refractivity contribution is -0.139. The number of nitrogens with one attached hydrogen (secondary N) is 2. The average Bonchev–Trinajstić information content (AvgIpc) is 2.91. The van der Waals surface area contributed by atoms with Crippen LogP contribution in [0.3, 0.4) is 0 Å². The van der Waals surface area contributed by atoms with Crippen LogP contribution in [-0.2, 0) is 20.9 Å². The predicted octanol–water partition coefficient (Wildman–Crippen LogP) is 3.05. The van der Waals surface area contributed by atoms with E-state index in [1.54, 1.807) is 42.5 Å². The van der Waals surface area contributed by atoms with Gasteiger partial charge >= 0.3 is 0 Å². The van der Waals surface area contributed by atoms with Gasteiger partial charge in [0.1, 0.15) is 11.8 Å². The molecule has 28 heavy (non-hydrogen) atoms. The molecule has 3 amide bonds. The molecule has 146 valence electrons. The Morgan fingerprint density at radius 3 is 2.57 bits per heavy atom. The lowest BCUT2D eigenvalue weighted by Gasteiger charge is -2.18. The number of rotatable bonds is 6. The van der Waals surface area contributed by atoms with E-state index in [1.165, 1.54) is 18.9 Å². The molecule has 1 aliphatic heterocycles. The zero-order valence-corrected chi connectivity index (χ0v) is 16.2. The molecule has 0 aliphatic carbocycles. The Labute approximate surface area is 167 Å². The molecule has 0 spiro atoms. The summed E-state index contributed by atoms with van der Waals surface area (Å²) < 4.78 is 5.31. The number of hydrogen-bond donors (Lipinski definition) is 2. The van der Waals surface area contributed by atoms with Crippen LogP contribution < -0.4 is 15.4 Å². The van der Waals surface area contributed by atoms with Gasteiger partial charge in [-0.25, -0.2) is 0 Å². The van der Waals surface area contributed by atoms with Gasteiger partial charge in [-0.3, -0.25) is 19.3 Å². The van der Waals surface area contributed by atoms with Crippen molar-refractivity contribution >= 4 is 40.7 Å². The van der Waals surface area contributed by atoms with Crippen molar-refractivity contribution in [2.24, 2.45) is 0 Å². The van der Waals surface area contributed by atoms with E-state index in [9.17, 15) is 14.4 Å². The van der Waals surface area contributed by atoms with Gasteiger partial charge in [0.25, 0.3) is 5.91 Å². The minimum Gasteiger partial charge on any atom is -0.495 e. The monoisotopic (exact) mass is 401 g/mol. The number of methoxy groups -OCH3 is 1. The first-order valence-electron chi connectivity index (χ1n) is 8.68. The van der Waals surface area contributed by atoms with Crippen molar-refractivity contribution in [1.82, 2.24) is 4.90 Å². The van der Waals surface area contributed by atoms with E-state index < -0.39 is 6.04 Å². The second-order valence-corrected chi connectivity index (χ2v) is 6.88. The summed E-state index contributed by atoms with van der Waals surface area (Å²) in [5, 5.41) is 6.34. The Morgan fingerprint density at radius 1 is 1.21 bits per heavy atom. The van der Waals surface area contributed by atoms with Crippen LogP contribution in [0.2, 0.25) is 5.02 Å². The first kappa shape index (κ1) is 19.7. The van der Waals surface area contributed by atoms with E-state index in [0.717, 1.165) is 5.56 Å². The number of benzene rings is 2. The van der Waals surface area contributed by atoms with Gasteiger partial charge in [-0.2, -0.15) is 0 Å². The Kier molecular flexibility index (Phi) is 5.84. The number of halogens is 1. The molecule has 0 saturated carbocycles. The van der Waals surface area contributed by atoms with E-state index in [0.29, 0.717) is 22.1 Å². The maximum Gasteiger partial charge on any atom is 0.252 e. The maximum atomic E-state index is 12.8. The zero-order valence-electron chi connectivity index (χ0n) is 15.5. The molecule has 1 aliphatic rings. The van der Waals surface area contributed by atoms with E-state index in [1.807, 2.05) is 0 Å². The van der Waals surface area contributed by atoms with Crippen molar-refractivity contribution in [2.75, 3.05) is 17.7 Å². The van der Waals surface area contributed by atoms with Gasteiger partial charge in [-0.05, 0) is 35.9 Å². The van der Waals surface area contributed by atoms with Crippen LogP contribution in [0.1, 0.15) is 18.9 Å². The van der Waals surface area contributed by atoms with Crippen LogP contribution in [0, 0.1) is 0 Å². The van der Waals surface area contributed by atoms with E-state index >= 15 is 0 Å². The third-order valence-corrected chi connectivity index (χ3v) is 4.60. The van der Waals surface area contributed by atoms with Crippen LogP contribution in [0.5, 0.6) is 5.75 Å². The predicted molar refractivity (Wildman–Crippen MR) is 106 cm³/mol. The van der Waals surface area contributed by atoms with E-state index in [-0.39, 0.29) is 30.7 Å². The summed E-state index contributed by atoms with van der Waals surface area (Å²) in [6, 6.07) is 11.3. The van der Waals surface area contributed by atoms with Crippen molar-refractivity contribution in [3.05, 3.63) is 53.1 Å². The summed E-state index contributed by atoms with van der Waals surface area (Å²) in [5.74, 6) is -0.274. The molecule has 8 heteroatoms. The Morgan fingerprint density at radius 2 is 1.93 bits per heavy atom. The fraction of sp³-hybridized carbons (Fsp3) is 0.250. The molecule has 2 N–H and O–H groups in total. The highest BCUT2D eigenvalue weighted by Crippen LogP contribution is 2.30. The van der Waals surface area contributed by atoms with Crippen molar-refractivity contribution in [3.63, 3.8) is 0 Å². The Bertz CT molecular complexity index is 914. The molecule has 1 heterocycles. The summed E-state index contributed by atoms with van der Waals surface area (Å²) in [7, 11) is 1.51. The number of ether oxygens (including phenoxy) is 1. The SMILES string of the molecule is COc1ccc(NC(C)=O)cc1N[C@@H]1CC(=O)N(Cc2ccc(Cl)cc2)C1=O. The molecule has 2 aromatic carbocycles. The Balaban J connectivity index is 1.76. The van der Waals surface area contributed by atoms with Gasteiger partial charge < -0.3 is 15.4 Å². The number of anilines is 2. The van der Waals surface area contributed by atoms with Crippen LogP contribution in [0.4, 0.5) is 11.4 Å². The highest BCUT2D eigenvalue weighted by molar-refractivity contribution is 6.30. The average molecular weight is 402 g/mol. The van der Waals surface area contributed by atoms with Gasteiger partial charge in [0, 0.05) is 17.6 Å². The van der Waals surface area contributed by atoms with Gasteiger partial charge in [-0.1, -0.05) is 23.7 Å². The highest BCUT2D eigenvalue weighted by atomic mass is 35.5. The van der Waals surface area contributed by atoms with Crippen molar-refractivity contribution in [3.8, 4) is 5.75 Å². The molecule has 0 unspecified atom stereocenters. The fourth-order valence-electron chi connectivity index (χ4n) is 3.02. The molecule has 1 fully saturated rings. The number of likely N-dealkylation sites (tertiary alicyclic amines) is 1. The number of nitrogens with zero attached hydrogens (tertiary/aromatic N) is 1. The molecule has 7 nitrogen and oxygen atoms in total. The lowest BCUT2D eigenvalue weighted by atomic mass is 10.2. The van der Waals surface area contributed by atoms with Crippen LogP contribution in [-0.4, -0.2) is 35.8 Å². The summed E-state index contributed by atoms with van der Waals surface area (Å²) in [6.07, 6.45) is 0.0416. The molecule has 0 radical (unpaired) electrons. The minimum absolute atomic E-state index is 0.0416. The number of imide groups is 1. The summed E-state index contributed by atoms with van der Waals surface area (Å²) in [5.41, 5.74) is 1.90. The lowest BCUT2D eigenvalue weighted by Crippen LogP contribution is -2.34. The Hall–Kier alpha value is -3.06. The molecule has 3 rings (SSSR count). The smallest absolute Gasteiger partial charge is 0.252 e. The molecule has 2 aromatic rings. The molecular formula is C20H20ClN3O4. The van der Waals surface area contributed by atoms with Gasteiger partial charge in [0.2, 0.25) is 11.8 Å². The van der Waals surface area contributed by atoms with Gasteiger partial charge in [-0.15, -0.1) is 0 Å². The molecule has 0 aromatic heterocycles. The third kappa shape index (κ3) is 4.43. The summed E-state index contributed by atoms with van der Waals surface area (Å²) in [6.45, 7) is 1.60. The zero-order chi connectivity index (χ0) is 20.3. The normalized spacial score (nSPS) is 16.2.